The van der Waals surface area contributed by atoms with Crippen molar-refractivity contribution in [1.82, 2.24) is 46.2 Å². The van der Waals surface area contributed by atoms with Crippen LogP contribution in [0.5, 0.6) is 0 Å². The summed E-state index contributed by atoms with van der Waals surface area (Å²) in [5.74, 6) is -5.39. The lowest BCUT2D eigenvalue weighted by Gasteiger charge is -2.35. The zero-order chi connectivity index (χ0) is 58.8. The maximum absolute atomic E-state index is 15.2. The van der Waals surface area contributed by atoms with Crippen LogP contribution < -0.4 is 26.6 Å². The second-order valence-corrected chi connectivity index (χ2v) is 24.7. The molecule has 0 aliphatic carbocycles. The summed E-state index contributed by atoms with van der Waals surface area (Å²) in [4.78, 5) is 121. The van der Waals surface area contributed by atoms with Gasteiger partial charge in [-0.2, -0.15) is 0 Å². The Hall–Kier alpha value is -3.80. The van der Waals surface area contributed by atoms with Gasteiger partial charge < -0.3 is 46.2 Å². The van der Waals surface area contributed by atoms with Crippen LogP contribution in [0, 0.1) is 39.9 Å². The monoisotopic (exact) mass is 1090 g/mol. The summed E-state index contributed by atoms with van der Waals surface area (Å²) in [6, 6.07) is 0. The van der Waals surface area contributed by atoms with Crippen molar-refractivity contribution in [3.8, 4) is 0 Å². The zero-order valence-corrected chi connectivity index (χ0v) is 51.9. The number of nitrogens with one attached hydrogen (secondary N) is 5. The molecule has 0 saturated carbocycles. The highest BCUT2D eigenvalue weighted by atomic mass is 16.2. The molecule has 0 rings (SSSR count). The molecule has 0 radical (unpaired) electrons. The third-order valence-corrected chi connectivity index (χ3v) is 15.1. The van der Waals surface area contributed by atoms with Crippen molar-refractivity contribution < 1.29 is 38.4 Å². The Morgan fingerprint density at radius 2 is 0.714 bits per heavy atom. The maximum Gasteiger partial charge on any atom is 0.223 e. The smallest absolute Gasteiger partial charge is 0.223 e. The summed E-state index contributed by atoms with van der Waals surface area (Å²) in [7, 11) is 12.0. The van der Waals surface area contributed by atoms with Gasteiger partial charge in [-0.05, 0) is 87.2 Å². The van der Waals surface area contributed by atoms with E-state index in [9.17, 15) is 33.6 Å². The van der Waals surface area contributed by atoms with E-state index in [1.54, 1.807) is 41.5 Å². The van der Waals surface area contributed by atoms with Crippen molar-refractivity contribution in [1.29, 1.82) is 0 Å². The molecule has 0 aromatic carbocycles. The van der Waals surface area contributed by atoms with Crippen LogP contribution in [0.25, 0.3) is 0 Å². The number of unbranched alkanes of at least 4 members (excludes halogenated alkanes) is 7. The lowest BCUT2D eigenvalue weighted by molar-refractivity contribution is -0.141. The van der Waals surface area contributed by atoms with E-state index in [4.69, 9.17) is 0 Å². The van der Waals surface area contributed by atoms with E-state index in [-0.39, 0.29) is 91.8 Å². The number of Topliss-reactive ketones (excluding diaryl/α,β-unsaturated/α-hetero) is 3. The van der Waals surface area contributed by atoms with Crippen LogP contribution in [0.2, 0.25) is 0 Å². The van der Waals surface area contributed by atoms with E-state index < -0.39 is 39.9 Å². The molecule has 448 valence electrons. The normalized spacial score (nSPS) is 13.8. The lowest BCUT2D eigenvalue weighted by atomic mass is 9.67. The average molecular weight is 1090 g/mol. The van der Waals surface area contributed by atoms with Crippen LogP contribution in [0.4, 0.5) is 0 Å². The fourth-order valence-corrected chi connectivity index (χ4v) is 9.60. The Labute approximate surface area is 468 Å². The molecule has 17 nitrogen and oxygen atoms in total. The second kappa shape index (κ2) is 39.6. The molecule has 4 atom stereocenters. The predicted octanol–water partition coefficient (Wildman–Crippen LogP) is 6.91. The Morgan fingerprint density at radius 1 is 0.364 bits per heavy atom. The SMILES string of the molecule is CCCCCCNC(=O)CC(CC(C)(C)C(=O)CC(CC)C(=O)NCCCCCC)C(=O)C(C)(C)CC(CC(=O)C(C)(C)CC(CC(=O)NCCN(C)CCN(C)C)C(=O)NCCCC)C(=O)NCCN(C)CCN(C)C. The number of carbonyl (C=O) groups is 8. The van der Waals surface area contributed by atoms with Crippen LogP contribution in [-0.2, 0) is 38.4 Å². The van der Waals surface area contributed by atoms with Gasteiger partial charge in [0.15, 0.2) is 0 Å². The number of hydrogen-bond acceptors (Lipinski definition) is 12. The number of amides is 5. The van der Waals surface area contributed by atoms with Crippen LogP contribution in [0.3, 0.4) is 0 Å². The predicted molar refractivity (Wildman–Crippen MR) is 313 cm³/mol. The van der Waals surface area contributed by atoms with Crippen LogP contribution >= 0.6 is 0 Å². The standard InChI is InChI=1S/C60H115N9O8/c1-17-21-24-26-29-61-52(72)41-47(43-58(5,6)50(70)39-46(20-4)55(75)64-30-27-25-22-18-2)54(74)60(9,10)45-48(56(76)65-32-34-69(16)38-36-67(13)14)40-51(71)59(7,8)44-49(57(77)63-28-23-19-3)42-53(73)62-31-33-68(15)37-35-66(11)12/h46-49H,17-45H2,1-16H3,(H,61,72)(H,62,73)(H,63,77)(H,64,75)(H,65,76). The molecule has 0 spiro atoms. The minimum Gasteiger partial charge on any atom is -0.356 e. The summed E-state index contributed by atoms with van der Waals surface area (Å²) in [6.45, 7) is 25.4. The van der Waals surface area contributed by atoms with Gasteiger partial charge in [0.1, 0.15) is 17.3 Å². The fourth-order valence-electron chi connectivity index (χ4n) is 9.60. The van der Waals surface area contributed by atoms with E-state index >= 15 is 4.79 Å². The largest absolute Gasteiger partial charge is 0.356 e. The van der Waals surface area contributed by atoms with Crippen molar-refractivity contribution in [2.75, 3.05) is 114 Å². The van der Waals surface area contributed by atoms with E-state index in [0.717, 1.165) is 90.4 Å². The van der Waals surface area contributed by atoms with Gasteiger partial charge in [0.25, 0.3) is 0 Å². The molecule has 77 heavy (non-hydrogen) atoms. The van der Waals surface area contributed by atoms with Gasteiger partial charge in [0.05, 0.1) is 0 Å². The first-order valence-corrected chi connectivity index (χ1v) is 29.7. The summed E-state index contributed by atoms with van der Waals surface area (Å²) in [5, 5.41) is 15.0. The van der Waals surface area contributed by atoms with E-state index in [0.29, 0.717) is 52.2 Å². The Morgan fingerprint density at radius 3 is 1.17 bits per heavy atom. The lowest BCUT2D eigenvalue weighted by Crippen LogP contribution is -2.44. The molecule has 5 N–H and O–H groups in total. The molecular weight excluding hydrogens is 975 g/mol. The van der Waals surface area contributed by atoms with E-state index in [1.807, 2.05) is 56.1 Å². The Balaban J connectivity index is 6.96. The van der Waals surface area contributed by atoms with E-state index in [2.05, 4.69) is 60.0 Å². The number of ketones is 3. The first kappa shape index (κ1) is 73.2. The van der Waals surface area contributed by atoms with Crippen LogP contribution in [-0.4, -0.2) is 181 Å². The van der Waals surface area contributed by atoms with Gasteiger partial charge in [-0.3, -0.25) is 38.4 Å². The van der Waals surface area contributed by atoms with Crippen molar-refractivity contribution >= 4 is 46.9 Å². The summed E-state index contributed by atoms with van der Waals surface area (Å²) < 4.78 is 0. The molecule has 0 aliphatic heterocycles. The molecule has 5 amide bonds. The third kappa shape index (κ3) is 32.8. The second-order valence-electron chi connectivity index (χ2n) is 24.7. The highest BCUT2D eigenvalue weighted by Gasteiger charge is 2.44. The number of nitrogens with zero attached hydrogens (tertiary/aromatic N) is 4. The fraction of sp³-hybridized carbons (Fsp3) is 0.867. The molecule has 0 heterocycles. The Kier molecular flexibility index (Phi) is 37.6. The molecule has 4 unspecified atom stereocenters. The number of likely N-dealkylation sites (N-methyl/N-ethyl adjacent to an activating group) is 4. The van der Waals surface area contributed by atoms with Crippen molar-refractivity contribution in [3.63, 3.8) is 0 Å². The maximum atomic E-state index is 15.2. The molecule has 0 aromatic heterocycles. The third-order valence-electron chi connectivity index (χ3n) is 15.1. The number of hydrogen-bond donors (Lipinski definition) is 5. The topological polar surface area (TPSA) is 210 Å². The zero-order valence-electron chi connectivity index (χ0n) is 51.9. The average Bonchev–Trinajstić information content (AvgIpc) is 3.35. The van der Waals surface area contributed by atoms with Crippen LogP contribution in [0.1, 0.15) is 185 Å². The summed E-state index contributed by atoms with van der Waals surface area (Å²) in [6.07, 6.45) is 9.61. The molecule has 0 saturated heterocycles. The van der Waals surface area contributed by atoms with Gasteiger partial charge in [0.2, 0.25) is 29.5 Å². The quantitative estimate of drug-likeness (QED) is 0.0394. The highest BCUT2D eigenvalue weighted by Crippen LogP contribution is 2.40. The minimum atomic E-state index is -1.25. The summed E-state index contributed by atoms with van der Waals surface area (Å²) >= 11 is 0. The van der Waals surface area contributed by atoms with Gasteiger partial charge in [-0.25, -0.2) is 0 Å². The first-order valence-electron chi connectivity index (χ1n) is 29.7. The van der Waals surface area contributed by atoms with Gasteiger partial charge >= 0.3 is 0 Å². The highest BCUT2D eigenvalue weighted by molar-refractivity contribution is 5.95. The molecular formula is C60H115N9O8. The van der Waals surface area contributed by atoms with Gasteiger partial charge in [-0.1, -0.05) is 114 Å². The molecule has 0 bridgehead atoms. The van der Waals surface area contributed by atoms with Gasteiger partial charge in [0, 0.05) is 138 Å². The molecule has 0 aliphatic rings. The van der Waals surface area contributed by atoms with Gasteiger partial charge in [-0.15, -0.1) is 0 Å². The first-order chi connectivity index (χ1) is 36.1. The molecule has 0 aromatic rings. The van der Waals surface area contributed by atoms with Crippen molar-refractivity contribution in [3.05, 3.63) is 0 Å². The molecule has 17 heteroatoms. The minimum absolute atomic E-state index is 0.00349. The summed E-state index contributed by atoms with van der Waals surface area (Å²) in [5.41, 5.74) is -3.48. The number of carbonyl (C=O) groups excluding carboxylic acids is 8. The van der Waals surface area contributed by atoms with Crippen molar-refractivity contribution in [2.45, 2.75) is 185 Å². The number of rotatable bonds is 47. The van der Waals surface area contributed by atoms with E-state index in [1.165, 1.54) is 0 Å². The molecule has 0 fully saturated rings. The van der Waals surface area contributed by atoms with Crippen LogP contribution in [0.15, 0.2) is 0 Å². The Bertz CT molecular complexity index is 1750. The van der Waals surface area contributed by atoms with Crippen molar-refractivity contribution in [2.24, 2.45) is 39.9 Å².